The zero-order chi connectivity index (χ0) is 22.0. The lowest BCUT2D eigenvalue weighted by molar-refractivity contribution is -0.142. The Hall–Kier alpha value is -3.06. The van der Waals surface area contributed by atoms with Crippen molar-refractivity contribution < 1.29 is 18.3 Å². The molecule has 1 aromatic heterocycles. The van der Waals surface area contributed by atoms with Gasteiger partial charge in [0.25, 0.3) is 0 Å². The third-order valence-corrected chi connectivity index (χ3v) is 6.67. The number of nitrogens with zero attached hydrogens (tertiary/aromatic N) is 3. The molecule has 0 spiro atoms. The van der Waals surface area contributed by atoms with E-state index in [9.17, 15) is 9.18 Å². The SMILES string of the molecule is O=C(N1CCCC(c2nnc(-c3ccc(F)cc3)o2)C1)C1(c2ccccc2)CCOCC1. The standard InChI is InChI=1S/C25H26FN3O3/c26-21-10-8-18(9-11-21)22-27-28-23(32-22)19-5-4-14-29(17-19)24(30)25(12-15-31-16-13-25)20-6-2-1-3-7-20/h1-3,6-11,19H,4-5,12-17H2. The molecule has 0 bridgehead atoms. The van der Waals surface area contributed by atoms with E-state index in [1.54, 1.807) is 12.1 Å². The fourth-order valence-corrected chi connectivity index (χ4v) is 4.88. The molecule has 2 fully saturated rings. The average Bonchev–Trinajstić information content (AvgIpc) is 3.35. The van der Waals surface area contributed by atoms with Crippen LogP contribution >= 0.6 is 0 Å². The van der Waals surface area contributed by atoms with E-state index in [2.05, 4.69) is 22.3 Å². The van der Waals surface area contributed by atoms with E-state index in [4.69, 9.17) is 9.15 Å². The smallest absolute Gasteiger partial charge is 0.247 e. The van der Waals surface area contributed by atoms with E-state index < -0.39 is 5.41 Å². The molecule has 0 radical (unpaired) electrons. The van der Waals surface area contributed by atoms with Gasteiger partial charge in [-0.2, -0.15) is 0 Å². The van der Waals surface area contributed by atoms with Crippen LogP contribution in [-0.2, 0) is 14.9 Å². The fraction of sp³-hybridized carbons (Fsp3) is 0.400. The molecule has 0 N–H and O–H groups in total. The minimum atomic E-state index is -0.546. The first-order valence-electron chi connectivity index (χ1n) is 11.2. The van der Waals surface area contributed by atoms with Crippen LogP contribution in [0.25, 0.3) is 11.5 Å². The normalized spacial score (nSPS) is 20.8. The van der Waals surface area contributed by atoms with Crippen molar-refractivity contribution >= 4 is 5.91 Å². The van der Waals surface area contributed by atoms with Crippen LogP contribution in [0.15, 0.2) is 59.0 Å². The first-order valence-corrected chi connectivity index (χ1v) is 11.2. The summed E-state index contributed by atoms with van der Waals surface area (Å²) in [7, 11) is 0. The van der Waals surface area contributed by atoms with Crippen molar-refractivity contribution in [2.24, 2.45) is 0 Å². The molecule has 1 amide bonds. The lowest BCUT2D eigenvalue weighted by Gasteiger charge is -2.42. The van der Waals surface area contributed by atoms with Gasteiger partial charge in [0.1, 0.15) is 5.82 Å². The summed E-state index contributed by atoms with van der Waals surface area (Å²) in [5.41, 5.74) is 1.20. The first-order chi connectivity index (χ1) is 15.7. The number of carbonyl (C=O) groups is 1. The molecular weight excluding hydrogens is 409 g/mol. The molecule has 3 aromatic rings. The van der Waals surface area contributed by atoms with Crippen LogP contribution in [0.5, 0.6) is 0 Å². The van der Waals surface area contributed by atoms with Crippen LogP contribution < -0.4 is 0 Å². The molecule has 6 nitrogen and oxygen atoms in total. The Bertz CT molecular complexity index is 1060. The molecular formula is C25H26FN3O3. The Morgan fingerprint density at radius 2 is 1.78 bits per heavy atom. The van der Waals surface area contributed by atoms with Gasteiger partial charge in [0.15, 0.2) is 0 Å². The number of hydrogen-bond acceptors (Lipinski definition) is 5. The minimum Gasteiger partial charge on any atom is -0.420 e. The molecule has 0 aliphatic carbocycles. The summed E-state index contributed by atoms with van der Waals surface area (Å²) in [5.74, 6) is 0.739. The highest BCUT2D eigenvalue weighted by atomic mass is 19.1. The van der Waals surface area contributed by atoms with Gasteiger partial charge < -0.3 is 14.1 Å². The van der Waals surface area contributed by atoms with Crippen LogP contribution in [0.4, 0.5) is 4.39 Å². The number of piperidine rings is 1. The summed E-state index contributed by atoms with van der Waals surface area (Å²) in [6, 6.07) is 16.1. The van der Waals surface area contributed by atoms with E-state index in [-0.39, 0.29) is 17.6 Å². The molecule has 2 aromatic carbocycles. The third-order valence-electron chi connectivity index (χ3n) is 6.67. The van der Waals surface area contributed by atoms with Crippen LogP contribution in [-0.4, -0.2) is 47.3 Å². The van der Waals surface area contributed by atoms with E-state index >= 15 is 0 Å². The Morgan fingerprint density at radius 3 is 2.53 bits per heavy atom. The quantitative estimate of drug-likeness (QED) is 0.610. The predicted molar refractivity (Wildman–Crippen MR) is 116 cm³/mol. The maximum atomic E-state index is 13.9. The topological polar surface area (TPSA) is 68.5 Å². The van der Waals surface area contributed by atoms with Gasteiger partial charge in [0.2, 0.25) is 17.7 Å². The maximum absolute atomic E-state index is 13.9. The summed E-state index contributed by atoms with van der Waals surface area (Å²) in [4.78, 5) is 15.8. The maximum Gasteiger partial charge on any atom is 0.247 e. The highest BCUT2D eigenvalue weighted by Gasteiger charge is 2.45. The number of aromatic nitrogens is 2. The number of rotatable bonds is 4. The average molecular weight is 435 g/mol. The van der Waals surface area contributed by atoms with E-state index in [0.29, 0.717) is 49.9 Å². The number of hydrogen-bond donors (Lipinski definition) is 0. The van der Waals surface area contributed by atoms with Crippen molar-refractivity contribution in [3.63, 3.8) is 0 Å². The molecule has 1 unspecified atom stereocenters. The summed E-state index contributed by atoms with van der Waals surface area (Å²) >= 11 is 0. The number of ether oxygens (including phenoxy) is 1. The summed E-state index contributed by atoms with van der Waals surface area (Å²) in [6.07, 6.45) is 3.14. The highest BCUT2D eigenvalue weighted by Crippen LogP contribution is 2.39. The van der Waals surface area contributed by atoms with Gasteiger partial charge in [-0.15, -0.1) is 10.2 Å². The second kappa shape index (κ2) is 8.82. The van der Waals surface area contributed by atoms with Crippen molar-refractivity contribution in [2.75, 3.05) is 26.3 Å². The van der Waals surface area contributed by atoms with Crippen LogP contribution in [0.1, 0.15) is 43.1 Å². The zero-order valence-corrected chi connectivity index (χ0v) is 17.9. The second-order valence-electron chi connectivity index (χ2n) is 8.60. The van der Waals surface area contributed by atoms with Crippen LogP contribution in [0, 0.1) is 5.82 Å². The van der Waals surface area contributed by atoms with Crippen molar-refractivity contribution in [1.29, 1.82) is 0 Å². The van der Waals surface area contributed by atoms with Crippen LogP contribution in [0.2, 0.25) is 0 Å². The predicted octanol–water partition coefficient (Wildman–Crippen LogP) is 4.33. The van der Waals surface area contributed by atoms with Gasteiger partial charge in [-0.05, 0) is 55.5 Å². The summed E-state index contributed by atoms with van der Waals surface area (Å²) in [6.45, 7) is 2.45. The van der Waals surface area contributed by atoms with Gasteiger partial charge in [-0.3, -0.25) is 4.79 Å². The molecule has 2 aliphatic heterocycles. The molecule has 2 aliphatic rings. The van der Waals surface area contributed by atoms with Crippen molar-refractivity contribution in [1.82, 2.24) is 15.1 Å². The largest absolute Gasteiger partial charge is 0.420 e. The van der Waals surface area contributed by atoms with Gasteiger partial charge in [0, 0.05) is 31.9 Å². The molecule has 3 heterocycles. The van der Waals surface area contributed by atoms with Gasteiger partial charge >= 0.3 is 0 Å². The van der Waals surface area contributed by atoms with Gasteiger partial charge in [0.05, 0.1) is 11.3 Å². The second-order valence-corrected chi connectivity index (χ2v) is 8.60. The zero-order valence-electron chi connectivity index (χ0n) is 17.9. The van der Waals surface area contributed by atoms with Crippen molar-refractivity contribution in [2.45, 2.75) is 37.0 Å². The molecule has 2 saturated heterocycles. The Morgan fingerprint density at radius 1 is 1.03 bits per heavy atom. The van der Waals surface area contributed by atoms with Crippen molar-refractivity contribution in [3.8, 4) is 11.5 Å². The fourth-order valence-electron chi connectivity index (χ4n) is 4.88. The van der Waals surface area contributed by atoms with Crippen molar-refractivity contribution in [3.05, 3.63) is 71.9 Å². The third kappa shape index (κ3) is 3.93. The number of likely N-dealkylation sites (tertiary alicyclic amines) is 1. The van der Waals surface area contributed by atoms with Gasteiger partial charge in [-0.1, -0.05) is 30.3 Å². The number of amides is 1. The summed E-state index contributed by atoms with van der Waals surface area (Å²) < 4.78 is 24.7. The van der Waals surface area contributed by atoms with Crippen LogP contribution in [0.3, 0.4) is 0 Å². The number of benzene rings is 2. The molecule has 7 heteroatoms. The number of halogens is 1. The Balaban J connectivity index is 1.36. The lowest BCUT2D eigenvalue weighted by Crippen LogP contribution is -2.52. The van der Waals surface area contributed by atoms with Gasteiger partial charge in [-0.25, -0.2) is 4.39 Å². The Labute approximate surface area is 186 Å². The van der Waals surface area contributed by atoms with E-state index in [1.165, 1.54) is 12.1 Å². The number of carbonyl (C=O) groups excluding carboxylic acids is 1. The van der Waals surface area contributed by atoms with E-state index in [1.807, 2.05) is 23.1 Å². The molecule has 5 rings (SSSR count). The highest BCUT2D eigenvalue weighted by molar-refractivity contribution is 5.88. The first kappa shape index (κ1) is 20.8. The lowest BCUT2D eigenvalue weighted by atomic mass is 9.72. The molecule has 1 atom stereocenters. The molecule has 166 valence electrons. The minimum absolute atomic E-state index is 0.0120. The summed E-state index contributed by atoms with van der Waals surface area (Å²) in [5, 5.41) is 8.41. The monoisotopic (exact) mass is 435 g/mol. The van der Waals surface area contributed by atoms with E-state index in [0.717, 1.165) is 24.9 Å². The Kier molecular flexibility index (Phi) is 5.74. The molecule has 0 saturated carbocycles. The molecule has 32 heavy (non-hydrogen) atoms.